The van der Waals surface area contributed by atoms with Crippen LogP contribution in [0.4, 0.5) is 0 Å². The van der Waals surface area contributed by atoms with Crippen LogP contribution in [0.25, 0.3) is 27.3 Å². The van der Waals surface area contributed by atoms with Gasteiger partial charge in [0.2, 0.25) is 5.13 Å². The molecule has 0 aliphatic rings. The molecule has 4 rings (SSSR count). The van der Waals surface area contributed by atoms with Crippen LogP contribution in [0.5, 0.6) is 0 Å². The molecule has 0 saturated carbocycles. The summed E-state index contributed by atoms with van der Waals surface area (Å²) in [5.74, 6) is -1.03. The van der Waals surface area contributed by atoms with Crippen LogP contribution in [-0.4, -0.2) is 25.8 Å². The highest BCUT2D eigenvalue weighted by molar-refractivity contribution is 7.12. The van der Waals surface area contributed by atoms with E-state index < -0.39 is 5.97 Å². The zero-order chi connectivity index (χ0) is 16.7. The summed E-state index contributed by atoms with van der Waals surface area (Å²) in [6.07, 6.45) is 0. The Morgan fingerprint density at radius 2 is 1.96 bits per heavy atom. The van der Waals surface area contributed by atoms with E-state index >= 15 is 0 Å². The summed E-state index contributed by atoms with van der Waals surface area (Å²) < 4.78 is 1.72. The Labute approximate surface area is 141 Å². The van der Waals surface area contributed by atoms with Crippen LogP contribution in [0, 0.1) is 6.92 Å². The summed E-state index contributed by atoms with van der Waals surface area (Å²) in [6.45, 7) is 2.02. The first-order valence-electron chi connectivity index (χ1n) is 7.37. The van der Waals surface area contributed by atoms with Crippen molar-refractivity contribution >= 4 is 28.2 Å². The predicted octanol–water partition coefficient (Wildman–Crippen LogP) is 4.16. The fraction of sp³-hybridized carbons (Fsp3) is 0.0556. The number of aromatic nitrogens is 3. The fourth-order valence-electron chi connectivity index (χ4n) is 2.64. The second-order valence-corrected chi connectivity index (χ2v) is 6.30. The number of hydrogen-bond donors (Lipinski definition) is 1. The molecule has 0 aliphatic heterocycles. The van der Waals surface area contributed by atoms with Gasteiger partial charge in [0.05, 0.1) is 5.52 Å². The zero-order valence-corrected chi connectivity index (χ0v) is 13.6. The van der Waals surface area contributed by atoms with Gasteiger partial charge in [-0.3, -0.25) is 0 Å². The Hall–Kier alpha value is -2.99. The molecular weight excluding hydrogens is 322 g/mol. The van der Waals surface area contributed by atoms with Crippen LogP contribution in [0.15, 0.2) is 53.9 Å². The predicted molar refractivity (Wildman–Crippen MR) is 93.9 cm³/mol. The third kappa shape index (κ3) is 2.37. The number of carboxylic acids is 1. The van der Waals surface area contributed by atoms with Gasteiger partial charge in [-0.15, -0.1) is 11.3 Å². The third-order valence-corrected chi connectivity index (χ3v) is 4.59. The van der Waals surface area contributed by atoms with Gasteiger partial charge in [0, 0.05) is 16.3 Å². The van der Waals surface area contributed by atoms with Crippen LogP contribution in [0.2, 0.25) is 0 Å². The molecule has 0 aliphatic carbocycles. The molecule has 5 nitrogen and oxygen atoms in total. The zero-order valence-electron chi connectivity index (χ0n) is 12.8. The Balaban J connectivity index is 1.98. The number of hydrogen-bond acceptors (Lipinski definition) is 4. The monoisotopic (exact) mass is 335 g/mol. The normalized spacial score (nSPS) is 11.0. The first-order valence-corrected chi connectivity index (χ1v) is 8.25. The first kappa shape index (κ1) is 14.6. The first-order chi connectivity index (χ1) is 11.6. The van der Waals surface area contributed by atoms with Crippen molar-refractivity contribution in [3.05, 3.63) is 65.2 Å². The number of thiazole rings is 1. The maximum absolute atomic E-state index is 11.1. The number of aryl methyl sites for hydroxylation is 1. The average Bonchev–Trinajstić information content (AvgIpc) is 3.20. The van der Waals surface area contributed by atoms with E-state index in [0.29, 0.717) is 5.13 Å². The average molecular weight is 335 g/mol. The molecule has 0 amide bonds. The van der Waals surface area contributed by atoms with Crippen molar-refractivity contribution in [3.8, 4) is 16.4 Å². The minimum atomic E-state index is -1.03. The van der Waals surface area contributed by atoms with E-state index in [2.05, 4.69) is 4.98 Å². The SMILES string of the molecule is Cc1ccc2c(-c3ccccc3)nn(-c3nc(C(=O)O)cs3)c2c1. The number of carboxylic acid groups (broad SMARTS) is 1. The Kier molecular flexibility index (Phi) is 3.39. The molecule has 0 saturated heterocycles. The van der Waals surface area contributed by atoms with E-state index in [-0.39, 0.29) is 5.69 Å². The number of carbonyl (C=O) groups is 1. The van der Waals surface area contributed by atoms with E-state index in [0.717, 1.165) is 27.7 Å². The highest BCUT2D eigenvalue weighted by Gasteiger charge is 2.17. The summed E-state index contributed by atoms with van der Waals surface area (Å²) in [6, 6.07) is 16.1. The van der Waals surface area contributed by atoms with Crippen molar-refractivity contribution in [1.29, 1.82) is 0 Å². The van der Waals surface area contributed by atoms with Gasteiger partial charge in [-0.05, 0) is 18.6 Å². The van der Waals surface area contributed by atoms with Crippen molar-refractivity contribution in [2.24, 2.45) is 0 Å². The van der Waals surface area contributed by atoms with Gasteiger partial charge >= 0.3 is 5.97 Å². The smallest absolute Gasteiger partial charge is 0.355 e. The topological polar surface area (TPSA) is 68.0 Å². The molecule has 0 bridgehead atoms. The second-order valence-electron chi connectivity index (χ2n) is 5.47. The maximum atomic E-state index is 11.1. The molecule has 0 fully saturated rings. The van der Waals surface area contributed by atoms with Crippen LogP contribution in [0.3, 0.4) is 0 Å². The minimum Gasteiger partial charge on any atom is -0.476 e. The molecule has 118 valence electrons. The molecular formula is C18H13N3O2S. The lowest BCUT2D eigenvalue weighted by Gasteiger charge is -1.98. The number of aromatic carboxylic acids is 1. The lowest BCUT2D eigenvalue weighted by Crippen LogP contribution is -2.00. The summed E-state index contributed by atoms with van der Waals surface area (Å²) in [5, 5.41) is 16.9. The number of benzene rings is 2. The van der Waals surface area contributed by atoms with Crippen LogP contribution >= 0.6 is 11.3 Å². The van der Waals surface area contributed by atoms with E-state index in [1.54, 1.807) is 4.68 Å². The molecule has 4 aromatic rings. The fourth-order valence-corrected chi connectivity index (χ4v) is 3.40. The Morgan fingerprint density at radius 1 is 1.17 bits per heavy atom. The molecule has 0 atom stereocenters. The minimum absolute atomic E-state index is 0.0348. The molecule has 1 N–H and O–H groups in total. The van der Waals surface area contributed by atoms with E-state index in [9.17, 15) is 4.79 Å². The lowest BCUT2D eigenvalue weighted by molar-refractivity contribution is 0.0691. The number of fused-ring (bicyclic) bond motifs is 1. The second kappa shape index (κ2) is 5.58. The molecule has 24 heavy (non-hydrogen) atoms. The van der Waals surface area contributed by atoms with Gasteiger partial charge < -0.3 is 5.11 Å². The number of rotatable bonds is 3. The van der Waals surface area contributed by atoms with Crippen molar-refractivity contribution in [1.82, 2.24) is 14.8 Å². The molecule has 0 spiro atoms. The molecule has 2 aromatic heterocycles. The van der Waals surface area contributed by atoms with E-state index in [1.165, 1.54) is 16.7 Å². The van der Waals surface area contributed by atoms with E-state index in [1.807, 2.05) is 55.5 Å². The summed E-state index contributed by atoms with van der Waals surface area (Å²) in [7, 11) is 0. The Morgan fingerprint density at radius 3 is 2.67 bits per heavy atom. The van der Waals surface area contributed by atoms with Gasteiger partial charge in [0.1, 0.15) is 5.69 Å². The third-order valence-electron chi connectivity index (χ3n) is 3.78. The molecule has 0 radical (unpaired) electrons. The van der Waals surface area contributed by atoms with Crippen LogP contribution in [0.1, 0.15) is 16.1 Å². The summed E-state index contributed by atoms with van der Waals surface area (Å²) >= 11 is 1.27. The van der Waals surface area contributed by atoms with Gasteiger partial charge in [-0.1, -0.05) is 42.5 Å². The van der Waals surface area contributed by atoms with Crippen molar-refractivity contribution < 1.29 is 9.90 Å². The molecule has 2 heterocycles. The standard InChI is InChI=1S/C18H13N3O2S/c1-11-7-8-13-15(9-11)21(18-19-14(10-24-18)17(22)23)20-16(13)12-5-3-2-4-6-12/h2-10H,1H3,(H,22,23). The molecule has 2 aromatic carbocycles. The van der Waals surface area contributed by atoms with Crippen LogP contribution in [-0.2, 0) is 0 Å². The van der Waals surface area contributed by atoms with Crippen molar-refractivity contribution in [3.63, 3.8) is 0 Å². The highest BCUT2D eigenvalue weighted by atomic mass is 32.1. The quantitative estimate of drug-likeness (QED) is 0.610. The maximum Gasteiger partial charge on any atom is 0.355 e. The summed E-state index contributed by atoms with van der Waals surface area (Å²) in [4.78, 5) is 15.3. The number of nitrogens with zero attached hydrogens (tertiary/aromatic N) is 3. The van der Waals surface area contributed by atoms with Crippen molar-refractivity contribution in [2.75, 3.05) is 0 Å². The van der Waals surface area contributed by atoms with Crippen LogP contribution < -0.4 is 0 Å². The van der Waals surface area contributed by atoms with Gasteiger partial charge in [0.25, 0.3) is 0 Å². The highest BCUT2D eigenvalue weighted by Crippen LogP contribution is 2.31. The van der Waals surface area contributed by atoms with E-state index in [4.69, 9.17) is 10.2 Å². The van der Waals surface area contributed by atoms with Gasteiger partial charge in [-0.2, -0.15) is 5.10 Å². The molecule has 6 heteroatoms. The largest absolute Gasteiger partial charge is 0.476 e. The summed E-state index contributed by atoms with van der Waals surface area (Å²) in [5.41, 5.74) is 3.93. The molecule has 0 unspecified atom stereocenters. The van der Waals surface area contributed by atoms with Gasteiger partial charge in [0.15, 0.2) is 5.69 Å². The van der Waals surface area contributed by atoms with Crippen molar-refractivity contribution in [2.45, 2.75) is 6.92 Å². The lowest BCUT2D eigenvalue weighted by atomic mass is 10.1. The Bertz CT molecular complexity index is 1050. The van der Waals surface area contributed by atoms with Gasteiger partial charge in [-0.25, -0.2) is 14.5 Å².